The molecule has 2 aromatic heterocycles. The average Bonchev–Trinajstić information content (AvgIpc) is 2.95. The number of nitrogens with two attached hydrogens (primary N) is 1. The molecule has 2 N–H and O–H groups in total. The molecule has 6 heteroatoms. The maximum absolute atomic E-state index is 6.04. The van der Waals surface area contributed by atoms with Gasteiger partial charge in [-0.05, 0) is 31.6 Å². The Morgan fingerprint density at radius 2 is 2.32 bits per heavy atom. The molecule has 0 spiro atoms. The lowest BCUT2D eigenvalue weighted by Crippen LogP contribution is -2.24. The van der Waals surface area contributed by atoms with Crippen molar-refractivity contribution >= 4 is 28.9 Å². The van der Waals surface area contributed by atoms with Crippen LogP contribution in [-0.4, -0.2) is 32.1 Å². The zero-order chi connectivity index (χ0) is 13.5. The number of ether oxygens (including phenoxy) is 1. The first-order chi connectivity index (χ1) is 9.11. The number of methoxy groups -OCH3 is 1. The van der Waals surface area contributed by atoms with Crippen molar-refractivity contribution in [3.63, 3.8) is 0 Å². The molecule has 0 amide bonds. The van der Waals surface area contributed by atoms with Crippen LogP contribution < -0.4 is 10.5 Å². The van der Waals surface area contributed by atoms with Crippen LogP contribution in [0.3, 0.4) is 0 Å². The number of pyridine rings is 1. The van der Waals surface area contributed by atoms with Crippen molar-refractivity contribution in [3.05, 3.63) is 12.1 Å². The molecule has 0 radical (unpaired) electrons. The molecule has 19 heavy (non-hydrogen) atoms. The molecule has 1 aliphatic rings. The Labute approximate surface area is 116 Å². The van der Waals surface area contributed by atoms with E-state index in [-0.39, 0.29) is 4.75 Å². The van der Waals surface area contributed by atoms with Crippen LogP contribution in [0.1, 0.15) is 19.8 Å². The largest absolute Gasteiger partial charge is 0.481 e. The van der Waals surface area contributed by atoms with Gasteiger partial charge in [-0.15, -0.1) is 0 Å². The first kappa shape index (κ1) is 12.6. The SMILES string of the molecule is COc1ccc2nc(N)n(CC3(C)CCCS3)c2n1. The fourth-order valence-corrected chi connectivity index (χ4v) is 3.86. The number of hydrogen-bond donors (Lipinski definition) is 1. The summed E-state index contributed by atoms with van der Waals surface area (Å²) in [6.07, 6.45) is 2.48. The van der Waals surface area contributed by atoms with E-state index >= 15 is 0 Å². The molecule has 0 saturated carbocycles. The van der Waals surface area contributed by atoms with Crippen LogP contribution >= 0.6 is 11.8 Å². The van der Waals surface area contributed by atoms with Crippen LogP contribution in [0.4, 0.5) is 5.95 Å². The van der Waals surface area contributed by atoms with Gasteiger partial charge in [-0.2, -0.15) is 16.7 Å². The van der Waals surface area contributed by atoms with Gasteiger partial charge in [0, 0.05) is 17.4 Å². The van der Waals surface area contributed by atoms with E-state index in [2.05, 4.69) is 16.9 Å². The van der Waals surface area contributed by atoms with Gasteiger partial charge >= 0.3 is 0 Å². The summed E-state index contributed by atoms with van der Waals surface area (Å²) in [5.74, 6) is 2.35. The molecule has 0 bridgehead atoms. The highest BCUT2D eigenvalue weighted by atomic mass is 32.2. The number of hydrogen-bond acceptors (Lipinski definition) is 5. The minimum Gasteiger partial charge on any atom is -0.481 e. The number of anilines is 1. The van der Waals surface area contributed by atoms with Gasteiger partial charge in [-0.25, -0.2) is 4.98 Å². The summed E-state index contributed by atoms with van der Waals surface area (Å²) in [5.41, 5.74) is 7.68. The highest BCUT2D eigenvalue weighted by Gasteiger charge is 2.31. The van der Waals surface area contributed by atoms with E-state index in [4.69, 9.17) is 10.5 Å². The van der Waals surface area contributed by atoms with E-state index in [0.717, 1.165) is 17.7 Å². The minimum absolute atomic E-state index is 0.229. The molecule has 1 fully saturated rings. The second-order valence-corrected chi connectivity index (χ2v) is 6.84. The van der Waals surface area contributed by atoms with Crippen molar-refractivity contribution in [2.45, 2.75) is 31.1 Å². The Bertz CT molecular complexity index is 604. The molecule has 1 saturated heterocycles. The number of aromatic nitrogens is 3. The summed E-state index contributed by atoms with van der Waals surface area (Å²) in [6, 6.07) is 3.71. The van der Waals surface area contributed by atoms with E-state index in [1.807, 2.05) is 28.5 Å². The Balaban J connectivity index is 2.03. The summed E-state index contributed by atoms with van der Waals surface area (Å²) < 4.78 is 7.42. The van der Waals surface area contributed by atoms with Crippen molar-refractivity contribution < 1.29 is 4.74 Å². The number of fused-ring (bicyclic) bond motifs is 1. The van der Waals surface area contributed by atoms with Gasteiger partial charge in [0.05, 0.1) is 7.11 Å². The molecule has 1 unspecified atom stereocenters. The van der Waals surface area contributed by atoms with Crippen LogP contribution in [-0.2, 0) is 6.54 Å². The first-order valence-electron chi connectivity index (χ1n) is 6.42. The lowest BCUT2D eigenvalue weighted by atomic mass is 10.1. The molecule has 102 valence electrons. The fourth-order valence-electron chi connectivity index (χ4n) is 2.57. The third kappa shape index (κ3) is 2.25. The van der Waals surface area contributed by atoms with Gasteiger partial charge in [0.25, 0.3) is 0 Å². The summed E-state index contributed by atoms with van der Waals surface area (Å²) in [7, 11) is 1.62. The molecule has 1 aliphatic heterocycles. The summed E-state index contributed by atoms with van der Waals surface area (Å²) in [6.45, 7) is 3.14. The van der Waals surface area contributed by atoms with Crippen LogP contribution in [0.2, 0.25) is 0 Å². The van der Waals surface area contributed by atoms with E-state index in [1.165, 1.54) is 18.6 Å². The number of rotatable bonds is 3. The Kier molecular flexibility index (Phi) is 3.05. The number of imidazole rings is 1. The zero-order valence-corrected chi connectivity index (χ0v) is 12.0. The molecular weight excluding hydrogens is 260 g/mol. The van der Waals surface area contributed by atoms with E-state index < -0.39 is 0 Å². The Hall–Kier alpha value is -1.43. The average molecular weight is 278 g/mol. The summed E-state index contributed by atoms with van der Waals surface area (Å²) in [4.78, 5) is 8.85. The van der Waals surface area contributed by atoms with Gasteiger partial charge in [0.1, 0.15) is 5.52 Å². The Morgan fingerprint density at radius 3 is 3.00 bits per heavy atom. The first-order valence-corrected chi connectivity index (χ1v) is 7.41. The molecular formula is C13H18N4OS. The fraction of sp³-hybridized carbons (Fsp3) is 0.538. The van der Waals surface area contributed by atoms with Gasteiger partial charge in [0.15, 0.2) is 5.65 Å². The quantitative estimate of drug-likeness (QED) is 0.933. The third-order valence-electron chi connectivity index (χ3n) is 3.60. The van der Waals surface area contributed by atoms with Crippen molar-refractivity contribution in [2.75, 3.05) is 18.6 Å². The second-order valence-electron chi connectivity index (χ2n) is 5.15. The lowest BCUT2D eigenvalue weighted by Gasteiger charge is -2.23. The second kappa shape index (κ2) is 4.59. The molecule has 5 nitrogen and oxygen atoms in total. The van der Waals surface area contributed by atoms with Crippen molar-refractivity contribution in [1.29, 1.82) is 0 Å². The number of thioether (sulfide) groups is 1. The van der Waals surface area contributed by atoms with Crippen molar-refractivity contribution in [1.82, 2.24) is 14.5 Å². The topological polar surface area (TPSA) is 66.0 Å². The van der Waals surface area contributed by atoms with Crippen LogP contribution in [0.5, 0.6) is 5.88 Å². The van der Waals surface area contributed by atoms with Crippen molar-refractivity contribution in [3.8, 4) is 5.88 Å². The maximum atomic E-state index is 6.04. The normalized spacial score (nSPS) is 23.1. The molecule has 2 aromatic rings. The predicted molar refractivity (Wildman–Crippen MR) is 78.6 cm³/mol. The molecule has 0 aromatic carbocycles. The third-order valence-corrected chi connectivity index (χ3v) is 5.12. The minimum atomic E-state index is 0.229. The van der Waals surface area contributed by atoms with E-state index in [9.17, 15) is 0 Å². The van der Waals surface area contributed by atoms with Crippen LogP contribution in [0.15, 0.2) is 12.1 Å². The lowest BCUT2D eigenvalue weighted by molar-refractivity contribution is 0.398. The highest BCUT2D eigenvalue weighted by molar-refractivity contribution is 8.00. The predicted octanol–water partition coefficient (Wildman–Crippen LogP) is 2.31. The van der Waals surface area contributed by atoms with E-state index in [1.54, 1.807) is 7.11 Å². The van der Waals surface area contributed by atoms with Crippen molar-refractivity contribution in [2.24, 2.45) is 0 Å². The highest BCUT2D eigenvalue weighted by Crippen LogP contribution is 2.40. The van der Waals surface area contributed by atoms with Gasteiger partial charge in [0.2, 0.25) is 11.8 Å². The Morgan fingerprint density at radius 1 is 1.47 bits per heavy atom. The van der Waals surface area contributed by atoms with Crippen LogP contribution in [0.25, 0.3) is 11.2 Å². The van der Waals surface area contributed by atoms with Gasteiger partial charge in [-0.3, -0.25) is 4.57 Å². The van der Waals surface area contributed by atoms with E-state index in [0.29, 0.717) is 11.8 Å². The molecule has 3 rings (SSSR count). The number of nitrogen functional groups attached to an aromatic ring is 1. The molecule has 0 aliphatic carbocycles. The summed E-state index contributed by atoms with van der Waals surface area (Å²) >= 11 is 2.01. The standard InChI is InChI=1S/C13H18N4OS/c1-13(6-3-7-19-13)8-17-11-9(15-12(17)14)4-5-10(16-11)18-2/h4-5H,3,6-8H2,1-2H3,(H2,14,15). The maximum Gasteiger partial charge on any atom is 0.215 e. The zero-order valence-electron chi connectivity index (χ0n) is 11.2. The smallest absolute Gasteiger partial charge is 0.215 e. The van der Waals surface area contributed by atoms with Gasteiger partial charge in [-0.1, -0.05) is 0 Å². The molecule has 1 atom stereocenters. The molecule has 3 heterocycles. The summed E-state index contributed by atoms with van der Waals surface area (Å²) in [5, 5.41) is 0. The van der Waals surface area contributed by atoms with Gasteiger partial charge < -0.3 is 10.5 Å². The van der Waals surface area contributed by atoms with Crippen LogP contribution in [0, 0.1) is 0 Å². The number of nitrogens with zero attached hydrogens (tertiary/aromatic N) is 3. The monoisotopic (exact) mass is 278 g/mol.